The molecule has 112 valence electrons. The van der Waals surface area contributed by atoms with Gasteiger partial charge in [-0.25, -0.2) is 0 Å². The van der Waals surface area contributed by atoms with E-state index in [0.717, 1.165) is 18.4 Å². The smallest absolute Gasteiger partial charge is 0.0499 e. The number of aliphatic hydroxyl groups is 1. The predicted molar refractivity (Wildman–Crippen MR) is 81.2 cm³/mol. The van der Waals surface area contributed by atoms with Gasteiger partial charge in [-0.1, -0.05) is 39.5 Å². The summed E-state index contributed by atoms with van der Waals surface area (Å²) in [5.41, 5.74) is 0.223. The molecule has 1 saturated heterocycles. The fourth-order valence-electron chi connectivity index (χ4n) is 4.10. The standard InChI is InChI=1S/C17H33NO/c1-15(2)16-7-11-18(12-8-16)13-17(14-19)9-5-3-4-6-10-17/h15-16,19H,3-14H2,1-2H3. The van der Waals surface area contributed by atoms with Gasteiger partial charge in [-0.3, -0.25) is 0 Å². The van der Waals surface area contributed by atoms with Crippen LogP contribution in [0.4, 0.5) is 0 Å². The molecule has 0 bridgehead atoms. The molecule has 0 amide bonds. The summed E-state index contributed by atoms with van der Waals surface area (Å²) in [6.45, 7) is 8.78. The second kappa shape index (κ2) is 7.08. The molecule has 2 aliphatic rings. The average molecular weight is 267 g/mol. The fourth-order valence-corrected chi connectivity index (χ4v) is 4.10. The topological polar surface area (TPSA) is 23.5 Å². The van der Waals surface area contributed by atoms with Crippen molar-refractivity contribution < 1.29 is 5.11 Å². The zero-order valence-corrected chi connectivity index (χ0v) is 13.0. The van der Waals surface area contributed by atoms with Crippen molar-refractivity contribution in [3.8, 4) is 0 Å². The summed E-state index contributed by atoms with van der Waals surface area (Å²) in [4.78, 5) is 2.64. The van der Waals surface area contributed by atoms with Crippen LogP contribution in [0.3, 0.4) is 0 Å². The molecule has 0 spiro atoms. The van der Waals surface area contributed by atoms with Crippen LogP contribution >= 0.6 is 0 Å². The van der Waals surface area contributed by atoms with Crippen LogP contribution in [-0.2, 0) is 0 Å². The quantitative estimate of drug-likeness (QED) is 0.785. The molecule has 1 aliphatic heterocycles. The third kappa shape index (κ3) is 4.19. The molecule has 1 N–H and O–H groups in total. The summed E-state index contributed by atoms with van der Waals surface area (Å²) in [7, 11) is 0. The van der Waals surface area contributed by atoms with E-state index in [1.54, 1.807) is 0 Å². The zero-order chi connectivity index (χ0) is 13.7. The van der Waals surface area contributed by atoms with E-state index in [1.165, 1.54) is 64.5 Å². The van der Waals surface area contributed by atoms with Gasteiger partial charge in [0.15, 0.2) is 0 Å². The Bertz CT molecular complexity index is 248. The lowest BCUT2D eigenvalue weighted by Gasteiger charge is -2.40. The fraction of sp³-hybridized carbons (Fsp3) is 1.00. The first-order valence-electron chi connectivity index (χ1n) is 8.48. The Morgan fingerprint density at radius 3 is 2.11 bits per heavy atom. The van der Waals surface area contributed by atoms with Crippen LogP contribution in [0.1, 0.15) is 65.2 Å². The second-order valence-corrected chi connectivity index (χ2v) is 7.43. The summed E-state index contributed by atoms with van der Waals surface area (Å²) in [6, 6.07) is 0. The van der Waals surface area contributed by atoms with Gasteiger partial charge in [0.1, 0.15) is 0 Å². The first kappa shape index (κ1) is 15.3. The van der Waals surface area contributed by atoms with Crippen molar-refractivity contribution in [3.05, 3.63) is 0 Å². The molecular weight excluding hydrogens is 234 g/mol. The van der Waals surface area contributed by atoms with E-state index in [4.69, 9.17) is 0 Å². The Kier molecular flexibility index (Phi) is 5.70. The highest BCUT2D eigenvalue weighted by molar-refractivity contribution is 4.86. The largest absolute Gasteiger partial charge is 0.396 e. The van der Waals surface area contributed by atoms with E-state index in [2.05, 4.69) is 18.7 Å². The van der Waals surface area contributed by atoms with Crippen molar-refractivity contribution in [1.82, 2.24) is 4.90 Å². The van der Waals surface area contributed by atoms with Crippen LogP contribution in [0.25, 0.3) is 0 Å². The van der Waals surface area contributed by atoms with E-state index in [9.17, 15) is 5.11 Å². The van der Waals surface area contributed by atoms with Crippen molar-refractivity contribution in [2.75, 3.05) is 26.2 Å². The molecule has 1 aliphatic carbocycles. The van der Waals surface area contributed by atoms with E-state index in [-0.39, 0.29) is 5.41 Å². The number of hydrogen-bond acceptors (Lipinski definition) is 2. The summed E-state index contributed by atoms with van der Waals surface area (Å²) in [5, 5.41) is 9.91. The van der Waals surface area contributed by atoms with Crippen molar-refractivity contribution in [3.63, 3.8) is 0 Å². The highest BCUT2D eigenvalue weighted by atomic mass is 16.3. The van der Waals surface area contributed by atoms with Gasteiger partial charge in [0.25, 0.3) is 0 Å². The van der Waals surface area contributed by atoms with Crippen molar-refractivity contribution in [2.24, 2.45) is 17.3 Å². The minimum absolute atomic E-state index is 0.223. The van der Waals surface area contributed by atoms with E-state index in [0.29, 0.717) is 6.61 Å². The van der Waals surface area contributed by atoms with Crippen molar-refractivity contribution in [1.29, 1.82) is 0 Å². The van der Waals surface area contributed by atoms with Crippen LogP contribution in [-0.4, -0.2) is 36.2 Å². The Morgan fingerprint density at radius 1 is 1.05 bits per heavy atom. The maximum Gasteiger partial charge on any atom is 0.0499 e. The minimum Gasteiger partial charge on any atom is -0.396 e. The first-order valence-corrected chi connectivity index (χ1v) is 8.48. The lowest BCUT2D eigenvalue weighted by molar-refractivity contribution is 0.0409. The molecular formula is C17H33NO. The number of nitrogens with zero attached hydrogens (tertiary/aromatic N) is 1. The highest BCUT2D eigenvalue weighted by Gasteiger charge is 2.33. The summed E-state index contributed by atoms with van der Waals surface area (Å²) in [6.07, 6.45) is 10.6. The van der Waals surface area contributed by atoms with Gasteiger partial charge >= 0.3 is 0 Å². The Hall–Kier alpha value is -0.0800. The van der Waals surface area contributed by atoms with Gasteiger partial charge in [0.2, 0.25) is 0 Å². The molecule has 0 radical (unpaired) electrons. The predicted octanol–water partition coefficient (Wildman–Crippen LogP) is 3.69. The van der Waals surface area contributed by atoms with Crippen LogP contribution < -0.4 is 0 Å². The average Bonchev–Trinajstić information content (AvgIpc) is 2.65. The summed E-state index contributed by atoms with van der Waals surface area (Å²) < 4.78 is 0. The van der Waals surface area contributed by atoms with Gasteiger partial charge in [-0.15, -0.1) is 0 Å². The van der Waals surface area contributed by atoms with Crippen LogP contribution in [0.2, 0.25) is 0 Å². The third-order valence-corrected chi connectivity index (χ3v) is 5.63. The normalized spacial score (nSPS) is 26.5. The summed E-state index contributed by atoms with van der Waals surface area (Å²) in [5.74, 6) is 1.77. The molecule has 2 fully saturated rings. The molecule has 0 aromatic rings. The Balaban J connectivity index is 1.85. The summed E-state index contributed by atoms with van der Waals surface area (Å²) >= 11 is 0. The molecule has 1 saturated carbocycles. The molecule has 0 aromatic carbocycles. The van der Waals surface area contributed by atoms with Crippen LogP contribution in [0.15, 0.2) is 0 Å². The van der Waals surface area contributed by atoms with Crippen LogP contribution in [0, 0.1) is 17.3 Å². The lowest BCUT2D eigenvalue weighted by Crippen LogP contribution is -2.44. The van der Waals surface area contributed by atoms with Crippen molar-refractivity contribution >= 4 is 0 Å². The van der Waals surface area contributed by atoms with Crippen molar-refractivity contribution in [2.45, 2.75) is 65.2 Å². The number of likely N-dealkylation sites (tertiary alicyclic amines) is 1. The SMILES string of the molecule is CC(C)C1CCN(CC2(CO)CCCCCC2)CC1. The Labute approximate surface area is 119 Å². The molecule has 19 heavy (non-hydrogen) atoms. The minimum atomic E-state index is 0.223. The van der Waals surface area contributed by atoms with Gasteiger partial charge in [-0.2, -0.15) is 0 Å². The molecule has 2 rings (SSSR count). The van der Waals surface area contributed by atoms with Gasteiger partial charge in [0.05, 0.1) is 0 Å². The second-order valence-electron chi connectivity index (χ2n) is 7.43. The number of piperidine rings is 1. The highest BCUT2D eigenvalue weighted by Crippen LogP contribution is 2.36. The van der Waals surface area contributed by atoms with Gasteiger partial charge < -0.3 is 10.0 Å². The zero-order valence-electron chi connectivity index (χ0n) is 13.0. The lowest BCUT2D eigenvalue weighted by atomic mass is 9.79. The molecule has 0 unspecified atom stereocenters. The first-order chi connectivity index (χ1) is 9.15. The molecule has 1 heterocycles. The van der Waals surface area contributed by atoms with Gasteiger partial charge in [-0.05, 0) is 50.6 Å². The van der Waals surface area contributed by atoms with E-state index < -0.39 is 0 Å². The Morgan fingerprint density at radius 2 is 1.63 bits per heavy atom. The molecule has 2 heteroatoms. The van der Waals surface area contributed by atoms with Gasteiger partial charge in [0, 0.05) is 18.6 Å². The van der Waals surface area contributed by atoms with E-state index in [1.807, 2.05) is 0 Å². The monoisotopic (exact) mass is 267 g/mol. The number of aliphatic hydroxyl groups excluding tert-OH is 1. The number of rotatable bonds is 4. The van der Waals surface area contributed by atoms with E-state index >= 15 is 0 Å². The maximum atomic E-state index is 9.91. The maximum absolute atomic E-state index is 9.91. The number of hydrogen-bond donors (Lipinski definition) is 1. The molecule has 0 aromatic heterocycles. The molecule has 0 atom stereocenters. The molecule has 2 nitrogen and oxygen atoms in total. The third-order valence-electron chi connectivity index (χ3n) is 5.63. The van der Waals surface area contributed by atoms with Crippen LogP contribution in [0.5, 0.6) is 0 Å².